The normalized spacial score (nSPS) is 11.3. The third-order valence-electron chi connectivity index (χ3n) is 3.38. The molecule has 0 aliphatic heterocycles. The Bertz CT molecular complexity index is 825. The van der Waals surface area contributed by atoms with E-state index >= 15 is 0 Å². The molecule has 1 heterocycles. The molecule has 8 heteroatoms. The highest BCUT2D eigenvalue weighted by Crippen LogP contribution is 2.23. The fourth-order valence-corrected chi connectivity index (χ4v) is 3.25. The lowest BCUT2D eigenvalue weighted by Gasteiger charge is -2.11. The van der Waals surface area contributed by atoms with Crippen LogP contribution in [-0.4, -0.2) is 31.3 Å². The van der Waals surface area contributed by atoms with Gasteiger partial charge in [0.25, 0.3) is 10.0 Å². The van der Waals surface area contributed by atoms with Gasteiger partial charge in [0.2, 0.25) is 0 Å². The van der Waals surface area contributed by atoms with Crippen LogP contribution in [0.15, 0.2) is 29.3 Å². The van der Waals surface area contributed by atoms with E-state index in [1.807, 2.05) is 0 Å². The number of hydrogen-bond donors (Lipinski definition) is 1. The molecule has 0 amide bonds. The quantitative estimate of drug-likeness (QED) is 0.864. The number of hydrogen-bond acceptors (Lipinski definition) is 5. The lowest BCUT2D eigenvalue weighted by atomic mass is 10.1. The zero-order valence-corrected chi connectivity index (χ0v) is 13.6. The Hall–Kier alpha value is -2.35. The Morgan fingerprint density at radius 2 is 2.00 bits per heavy atom. The molecule has 118 valence electrons. The lowest BCUT2D eigenvalue weighted by molar-refractivity contribution is 0.0601. The van der Waals surface area contributed by atoms with Crippen molar-refractivity contribution in [2.75, 3.05) is 11.8 Å². The number of aromatic nitrogens is 2. The van der Waals surface area contributed by atoms with Crippen LogP contribution in [0.2, 0.25) is 0 Å². The van der Waals surface area contributed by atoms with Crippen molar-refractivity contribution in [3.63, 3.8) is 0 Å². The van der Waals surface area contributed by atoms with Gasteiger partial charge in [-0.1, -0.05) is 6.07 Å². The molecule has 1 aromatic heterocycles. The monoisotopic (exact) mass is 323 g/mol. The van der Waals surface area contributed by atoms with Crippen LogP contribution in [0.4, 0.5) is 5.69 Å². The third-order valence-corrected chi connectivity index (χ3v) is 4.85. The van der Waals surface area contributed by atoms with E-state index in [9.17, 15) is 13.2 Å². The van der Waals surface area contributed by atoms with Crippen LogP contribution in [-0.2, 0) is 21.8 Å². The van der Waals surface area contributed by atoms with Crippen LogP contribution < -0.4 is 4.72 Å². The number of methoxy groups -OCH3 is 1. The number of ether oxygens (including phenoxy) is 1. The van der Waals surface area contributed by atoms with Crippen LogP contribution in [0.25, 0.3) is 0 Å². The summed E-state index contributed by atoms with van der Waals surface area (Å²) in [7, 11) is -0.847. The first-order valence-corrected chi connectivity index (χ1v) is 7.95. The molecule has 0 radical (unpaired) electrons. The predicted octanol–water partition coefficient (Wildman–Crippen LogP) is 1.62. The molecule has 7 nitrogen and oxygen atoms in total. The Kier molecular flexibility index (Phi) is 4.23. The zero-order chi connectivity index (χ0) is 16.5. The maximum atomic E-state index is 12.5. The molecule has 1 N–H and O–H groups in total. The summed E-state index contributed by atoms with van der Waals surface area (Å²) in [6.07, 6.45) is 1.29. The van der Waals surface area contributed by atoms with Crippen molar-refractivity contribution in [1.29, 1.82) is 0 Å². The summed E-state index contributed by atoms with van der Waals surface area (Å²) in [6, 6.07) is 4.68. The molecule has 22 heavy (non-hydrogen) atoms. The summed E-state index contributed by atoms with van der Waals surface area (Å²) in [5.41, 5.74) is 1.81. The minimum atomic E-state index is -3.78. The second-order valence-corrected chi connectivity index (χ2v) is 6.50. The minimum absolute atomic E-state index is 0.0953. The molecule has 0 spiro atoms. The van der Waals surface area contributed by atoms with E-state index in [1.54, 1.807) is 33.0 Å². The standard InChI is InChI=1S/C14H17N3O4S/c1-9-5-6-11(14(18)21-4)7-12(9)16-22(19,20)13-8-15-17(3)10(13)2/h5-8,16H,1-4H3. The number of carbonyl (C=O) groups is 1. The number of rotatable bonds is 4. The molecule has 0 aliphatic carbocycles. The van der Waals surface area contributed by atoms with Gasteiger partial charge in [0.15, 0.2) is 0 Å². The van der Waals surface area contributed by atoms with Gasteiger partial charge in [-0.2, -0.15) is 5.10 Å². The van der Waals surface area contributed by atoms with Crippen molar-refractivity contribution in [2.24, 2.45) is 7.05 Å². The van der Waals surface area contributed by atoms with Crippen LogP contribution in [0.1, 0.15) is 21.6 Å². The zero-order valence-electron chi connectivity index (χ0n) is 12.7. The van der Waals surface area contributed by atoms with E-state index in [0.29, 0.717) is 16.9 Å². The molecule has 0 bridgehead atoms. The van der Waals surface area contributed by atoms with Crippen LogP contribution in [0, 0.1) is 13.8 Å². The first-order valence-electron chi connectivity index (χ1n) is 6.46. The summed E-state index contributed by atoms with van der Waals surface area (Å²) >= 11 is 0. The third kappa shape index (κ3) is 2.96. The Morgan fingerprint density at radius 1 is 1.32 bits per heavy atom. The van der Waals surface area contributed by atoms with Crippen molar-refractivity contribution in [1.82, 2.24) is 9.78 Å². The molecule has 0 aliphatic rings. The van der Waals surface area contributed by atoms with Gasteiger partial charge in [-0.05, 0) is 31.5 Å². The van der Waals surface area contributed by atoms with E-state index in [0.717, 1.165) is 0 Å². The number of aryl methyl sites for hydroxylation is 2. The molecule has 0 saturated carbocycles. The van der Waals surface area contributed by atoms with Gasteiger partial charge >= 0.3 is 5.97 Å². The highest BCUT2D eigenvalue weighted by molar-refractivity contribution is 7.92. The number of carbonyl (C=O) groups excluding carboxylic acids is 1. The first kappa shape index (κ1) is 16.0. The van der Waals surface area contributed by atoms with E-state index in [4.69, 9.17) is 0 Å². The number of benzene rings is 1. The molecule has 0 unspecified atom stereocenters. The molecule has 0 saturated heterocycles. The summed E-state index contributed by atoms with van der Waals surface area (Å²) in [5, 5.41) is 3.93. The topological polar surface area (TPSA) is 90.3 Å². The smallest absolute Gasteiger partial charge is 0.337 e. The van der Waals surface area contributed by atoms with Crippen LogP contribution in [0.3, 0.4) is 0 Å². The van der Waals surface area contributed by atoms with Crippen LogP contribution in [0.5, 0.6) is 0 Å². The summed E-state index contributed by atoms with van der Waals surface area (Å²) in [6.45, 7) is 3.41. The maximum Gasteiger partial charge on any atom is 0.337 e. The average molecular weight is 323 g/mol. The number of nitrogens with zero attached hydrogens (tertiary/aromatic N) is 2. The molecule has 0 fully saturated rings. The fraction of sp³-hybridized carbons (Fsp3) is 0.286. The number of esters is 1. The number of sulfonamides is 1. The van der Waals surface area contributed by atoms with E-state index in [-0.39, 0.29) is 10.5 Å². The van der Waals surface area contributed by atoms with Gasteiger partial charge in [0.05, 0.1) is 30.3 Å². The second-order valence-electron chi connectivity index (χ2n) is 4.84. The van der Waals surface area contributed by atoms with E-state index in [2.05, 4.69) is 14.6 Å². The van der Waals surface area contributed by atoms with Gasteiger partial charge in [0, 0.05) is 7.05 Å². The predicted molar refractivity (Wildman–Crippen MR) is 81.3 cm³/mol. The molecule has 2 rings (SSSR count). The summed E-state index contributed by atoms with van der Waals surface area (Å²) in [5.74, 6) is -0.530. The Labute approximate surface area is 129 Å². The average Bonchev–Trinajstić information content (AvgIpc) is 2.81. The largest absolute Gasteiger partial charge is 0.465 e. The fourth-order valence-electron chi connectivity index (χ4n) is 1.92. The van der Waals surface area contributed by atoms with Gasteiger partial charge in [-0.25, -0.2) is 13.2 Å². The van der Waals surface area contributed by atoms with Gasteiger partial charge in [-0.3, -0.25) is 9.40 Å². The van der Waals surface area contributed by atoms with Crippen molar-refractivity contribution < 1.29 is 17.9 Å². The van der Waals surface area contributed by atoms with Gasteiger partial charge in [-0.15, -0.1) is 0 Å². The van der Waals surface area contributed by atoms with Crippen LogP contribution >= 0.6 is 0 Å². The van der Waals surface area contributed by atoms with E-state index in [1.165, 1.54) is 24.1 Å². The van der Waals surface area contributed by atoms with E-state index < -0.39 is 16.0 Å². The molecule has 0 atom stereocenters. The van der Waals surface area contributed by atoms with Crippen molar-refractivity contribution in [3.8, 4) is 0 Å². The van der Waals surface area contributed by atoms with Gasteiger partial charge < -0.3 is 4.74 Å². The highest BCUT2D eigenvalue weighted by Gasteiger charge is 2.21. The minimum Gasteiger partial charge on any atom is -0.465 e. The highest BCUT2D eigenvalue weighted by atomic mass is 32.2. The van der Waals surface area contributed by atoms with Crippen molar-refractivity contribution in [2.45, 2.75) is 18.7 Å². The molecular weight excluding hydrogens is 306 g/mol. The summed E-state index contributed by atoms with van der Waals surface area (Å²) in [4.78, 5) is 11.7. The molecule has 1 aromatic carbocycles. The Balaban J connectivity index is 2.41. The number of nitrogens with one attached hydrogen (secondary N) is 1. The van der Waals surface area contributed by atoms with Crippen molar-refractivity contribution >= 4 is 21.7 Å². The second kappa shape index (κ2) is 5.80. The Morgan fingerprint density at radius 3 is 2.55 bits per heavy atom. The summed E-state index contributed by atoms with van der Waals surface area (Å²) < 4.78 is 33.5. The first-order chi connectivity index (χ1) is 10.3. The molecular formula is C14H17N3O4S. The maximum absolute atomic E-state index is 12.5. The molecule has 2 aromatic rings. The SMILES string of the molecule is COC(=O)c1ccc(C)c(NS(=O)(=O)c2cnn(C)c2C)c1. The van der Waals surface area contributed by atoms with Gasteiger partial charge in [0.1, 0.15) is 4.90 Å². The van der Waals surface area contributed by atoms with Crippen molar-refractivity contribution in [3.05, 3.63) is 41.2 Å². The lowest BCUT2D eigenvalue weighted by Crippen LogP contribution is -2.15. The number of anilines is 1.